The molecular formula is C26H36N4O3. The predicted octanol–water partition coefficient (Wildman–Crippen LogP) is 3.32. The molecule has 1 aliphatic heterocycles. The summed E-state index contributed by atoms with van der Waals surface area (Å²) in [5, 5.41) is 6.00. The molecule has 0 spiro atoms. The number of amides is 1. The van der Waals surface area contributed by atoms with Crippen LogP contribution in [-0.2, 0) is 9.53 Å². The van der Waals surface area contributed by atoms with Gasteiger partial charge in [-0.3, -0.25) is 14.5 Å². The zero-order chi connectivity index (χ0) is 24.1. The Labute approximate surface area is 196 Å². The van der Waals surface area contributed by atoms with E-state index in [9.17, 15) is 9.59 Å². The van der Waals surface area contributed by atoms with Gasteiger partial charge in [0.05, 0.1) is 13.2 Å². The van der Waals surface area contributed by atoms with E-state index < -0.39 is 0 Å². The first kappa shape index (κ1) is 24.7. The fourth-order valence-corrected chi connectivity index (χ4v) is 4.44. The number of nitrogens with zero attached hydrogens (tertiary/aromatic N) is 2. The molecule has 33 heavy (non-hydrogen) atoms. The second-order valence-corrected chi connectivity index (χ2v) is 8.79. The number of hydrogen-bond acceptors (Lipinski definition) is 5. The summed E-state index contributed by atoms with van der Waals surface area (Å²) >= 11 is 0. The number of carbonyl (C=O) groups is 2. The van der Waals surface area contributed by atoms with Gasteiger partial charge in [0, 0.05) is 67.0 Å². The first-order valence-electron chi connectivity index (χ1n) is 11.5. The van der Waals surface area contributed by atoms with Crippen LogP contribution < -0.4 is 10.6 Å². The molecule has 2 aromatic heterocycles. The van der Waals surface area contributed by atoms with E-state index in [1.165, 1.54) is 0 Å². The monoisotopic (exact) mass is 452 g/mol. The molecule has 3 heterocycles. The summed E-state index contributed by atoms with van der Waals surface area (Å²) in [6.07, 6.45) is 4.84. The Kier molecular flexibility index (Phi) is 8.10. The summed E-state index contributed by atoms with van der Waals surface area (Å²) < 4.78 is 7.73. The fourth-order valence-electron chi connectivity index (χ4n) is 4.44. The second kappa shape index (κ2) is 10.8. The third-order valence-corrected chi connectivity index (χ3v) is 6.48. The van der Waals surface area contributed by atoms with Crippen LogP contribution in [0.1, 0.15) is 54.0 Å². The smallest absolute Gasteiger partial charge is 0.251 e. The van der Waals surface area contributed by atoms with Crippen LogP contribution in [0.15, 0.2) is 41.2 Å². The summed E-state index contributed by atoms with van der Waals surface area (Å²) in [7, 11) is 1.83. The summed E-state index contributed by atoms with van der Waals surface area (Å²) in [5.74, 6) is -0.175. The number of pyridine rings is 1. The minimum absolute atomic E-state index is 0.137. The van der Waals surface area contributed by atoms with Gasteiger partial charge in [-0.15, -0.1) is 0 Å². The van der Waals surface area contributed by atoms with Crippen molar-refractivity contribution >= 4 is 17.7 Å². The van der Waals surface area contributed by atoms with Crippen molar-refractivity contribution in [1.29, 1.82) is 0 Å². The lowest BCUT2D eigenvalue weighted by Crippen LogP contribution is -2.39. The van der Waals surface area contributed by atoms with Gasteiger partial charge in [-0.25, -0.2) is 0 Å². The second-order valence-electron chi connectivity index (χ2n) is 8.79. The number of aryl methyl sites for hydroxylation is 1. The molecule has 178 valence electrons. The van der Waals surface area contributed by atoms with Crippen LogP contribution in [0.25, 0.3) is 5.52 Å². The van der Waals surface area contributed by atoms with Crippen LogP contribution in [-0.4, -0.2) is 61.4 Å². The molecule has 1 atom stereocenters. The number of rotatable bonds is 8. The molecule has 0 saturated carbocycles. The predicted molar refractivity (Wildman–Crippen MR) is 132 cm³/mol. The summed E-state index contributed by atoms with van der Waals surface area (Å²) in [5.41, 5.74) is 7.18. The van der Waals surface area contributed by atoms with E-state index in [2.05, 4.69) is 46.0 Å². The van der Waals surface area contributed by atoms with Gasteiger partial charge in [0.15, 0.2) is 0 Å². The number of allylic oxidation sites excluding steroid dienone is 3. The summed E-state index contributed by atoms with van der Waals surface area (Å²) in [4.78, 5) is 27.3. The van der Waals surface area contributed by atoms with Crippen molar-refractivity contribution in [2.45, 2.75) is 40.7 Å². The van der Waals surface area contributed by atoms with Crippen molar-refractivity contribution in [3.63, 3.8) is 0 Å². The van der Waals surface area contributed by atoms with E-state index in [1.54, 1.807) is 0 Å². The van der Waals surface area contributed by atoms with Crippen molar-refractivity contribution in [1.82, 2.24) is 19.9 Å². The van der Waals surface area contributed by atoms with Gasteiger partial charge in [0.1, 0.15) is 6.29 Å². The topological polar surface area (TPSA) is 75.1 Å². The highest BCUT2D eigenvalue weighted by molar-refractivity contribution is 5.97. The minimum atomic E-state index is -0.175. The molecule has 0 bridgehead atoms. The number of aldehydes is 1. The quantitative estimate of drug-likeness (QED) is 0.365. The van der Waals surface area contributed by atoms with Gasteiger partial charge in [0.25, 0.3) is 5.91 Å². The van der Waals surface area contributed by atoms with Crippen LogP contribution in [0.4, 0.5) is 0 Å². The third kappa shape index (κ3) is 5.54. The number of aromatic nitrogens is 1. The van der Waals surface area contributed by atoms with Crippen LogP contribution in [0.2, 0.25) is 0 Å². The van der Waals surface area contributed by atoms with E-state index in [4.69, 9.17) is 4.74 Å². The van der Waals surface area contributed by atoms with Crippen LogP contribution in [0.5, 0.6) is 0 Å². The van der Waals surface area contributed by atoms with Crippen molar-refractivity contribution < 1.29 is 14.3 Å². The van der Waals surface area contributed by atoms with Crippen molar-refractivity contribution in [2.24, 2.45) is 0 Å². The molecule has 1 amide bonds. The summed E-state index contributed by atoms with van der Waals surface area (Å²) in [6, 6.07) is 4.17. The number of carbonyl (C=O) groups excluding carboxylic acids is 2. The highest BCUT2D eigenvalue weighted by atomic mass is 16.5. The Hall–Kier alpha value is -2.90. The Morgan fingerprint density at radius 3 is 2.55 bits per heavy atom. The Morgan fingerprint density at radius 1 is 1.21 bits per heavy atom. The molecule has 2 N–H and O–H groups in total. The number of ether oxygens (including phenoxy) is 1. The SMILES string of the molecule is CN/C(C)=C\C(C)=C(/C=O)CNC(=O)c1cc2cc(C)cn2c(C(C)N2CCOCC2)c1C. The summed E-state index contributed by atoms with van der Waals surface area (Å²) in [6.45, 7) is 13.4. The van der Waals surface area contributed by atoms with E-state index in [0.717, 1.165) is 66.2 Å². The lowest BCUT2D eigenvalue weighted by molar-refractivity contribution is -0.105. The highest BCUT2D eigenvalue weighted by Gasteiger charge is 2.25. The largest absolute Gasteiger partial charge is 0.392 e. The standard InChI is InChI=1S/C26H36N4O3/c1-17-11-23-13-24(26(32)28-14-22(16-31)18(2)12-19(3)27-6)20(4)25(30(23)15-17)21(5)29-7-9-33-10-8-29/h11-13,15-16,21,27H,7-10,14H2,1-6H3,(H,28,32)/b19-12-,22-18-. The molecule has 1 aliphatic rings. The maximum absolute atomic E-state index is 13.3. The fraction of sp³-hybridized carbons (Fsp3) is 0.462. The molecule has 3 rings (SSSR count). The van der Waals surface area contributed by atoms with Crippen LogP contribution in [0, 0.1) is 13.8 Å². The molecule has 2 aromatic rings. The van der Waals surface area contributed by atoms with Gasteiger partial charge >= 0.3 is 0 Å². The van der Waals surface area contributed by atoms with E-state index in [0.29, 0.717) is 11.1 Å². The Balaban J connectivity index is 1.94. The van der Waals surface area contributed by atoms with Crippen molar-refractivity contribution in [3.05, 3.63) is 63.6 Å². The third-order valence-electron chi connectivity index (χ3n) is 6.48. The Morgan fingerprint density at radius 2 is 1.91 bits per heavy atom. The van der Waals surface area contributed by atoms with E-state index >= 15 is 0 Å². The maximum Gasteiger partial charge on any atom is 0.251 e. The average molecular weight is 453 g/mol. The van der Waals surface area contributed by atoms with E-state index in [-0.39, 0.29) is 18.5 Å². The van der Waals surface area contributed by atoms with Gasteiger partial charge in [-0.1, -0.05) is 0 Å². The lowest BCUT2D eigenvalue weighted by atomic mass is 10.0. The molecule has 7 heteroatoms. The number of nitrogens with one attached hydrogen (secondary N) is 2. The first-order chi connectivity index (χ1) is 15.8. The highest BCUT2D eigenvalue weighted by Crippen LogP contribution is 2.29. The average Bonchev–Trinajstić information content (AvgIpc) is 3.18. The van der Waals surface area contributed by atoms with Crippen molar-refractivity contribution in [3.8, 4) is 0 Å². The maximum atomic E-state index is 13.3. The van der Waals surface area contributed by atoms with Crippen LogP contribution in [0.3, 0.4) is 0 Å². The van der Waals surface area contributed by atoms with E-state index in [1.807, 2.05) is 40.0 Å². The zero-order valence-electron chi connectivity index (χ0n) is 20.6. The molecule has 7 nitrogen and oxygen atoms in total. The molecular weight excluding hydrogens is 416 g/mol. The number of fused-ring (bicyclic) bond motifs is 1. The van der Waals surface area contributed by atoms with Gasteiger partial charge < -0.3 is 19.8 Å². The van der Waals surface area contributed by atoms with Crippen LogP contribution >= 0.6 is 0 Å². The molecule has 0 aliphatic carbocycles. The molecule has 1 fully saturated rings. The first-order valence-corrected chi connectivity index (χ1v) is 11.5. The van der Waals surface area contributed by atoms with Gasteiger partial charge in [0.2, 0.25) is 0 Å². The normalized spacial score (nSPS) is 17.0. The zero-order valence-corrected chi connectivity index (χ0v) is 20.6. The van der Waals surface area contributed by atoms with Gasteiger partial charge in [-0.05, 0) is 69.5 Å². The molecule has 1 unspecified atom stereocenters. The van der Waals surface area contributed by atoms with Crippen molar-refractivity contribution in [2.75, 3.05) is 39.9 Å². The number of morpholine rings is 1. The van der Waals surface area contributed by atoms with Gasteiger partial charge in [-0.2, -0.15) is 0 Å². The Bertz CT molecular complexity index is 1090. The molecule has 0 aromatic carbocycles. The lowest BCUT2D eigenvalue weighted by Gasteiger charge is -2.34. The number of hydrogen-bond donors (Lipinski definition) is 2. The molecule has 0 radical (unpaired) electrons. The minimum Gasteiger partial charge on any atom is -0.392 e. The molecule has 1 saturated heterocycles.